The number of nitrogens with zero attached hydrogens (tertiary/aromatic N) is 2. The normalized spacial score (nSPS) is 10.7. The molecule has 0 fully saturated rings. The highest BCUT2D eigenvalue weighted by molar-refractivity contribution is 5.83. The number of ether oxygens (including phenoxy) is 1. The monoisotopic (exact) mass is 384 g/mol. The van der Waals surface area contributed by atoms with Crippen molar-refractivity contribution in [2.45, 2.75) is 13.1 Å². The maximum Gasteiger partial charge on any atom is 0.414 e. The number of halogens is 1. The zero-order valence-electron chi connectivity index (χ0n) is 15.3. The minimum atomic E-state index is -0.875. The quantitative estimate of drug-likeness (QED) is 0.483. The summed E-state index contributed by atoms with van der Waals surface area (Å²) in [6, 6.07) is 10.8. The molecule has 0 saturated heterocycles. The lowest BCUT2D eigenvalue weighted by atomic mass is 9.99. The smallest absolute Gasteiger partial charge is 0.414 e. The second-order valence-corrected chi connectivity index (χ2v) is 6.34. The Morgan fingerprint density at radius 1 is 1.18 bits per heavy atom. The summed E-state index contributed by atoms with van der Waals surface area (Å²) in [7, 11) is 3.07. The summed E-state index contributed by atoms with van der Waals surface area (Å²) in [5.74, 6) is 0.177. The van der Waals surface area contributed by atoms with E-state index >= 15 is 0 Å². The summed E-state index contributed by atoms with van der Waals surface area (Å²) in [5.41, 5.74) is 0.638. The van der Waals surface area contributed by atoms with Gasteiger partial charge in [0.2, 0.25) is 0 Å². The van der Waals surface area contributed by atoms with Crippen LogP contribution in [0.3, 0.4) is 0 Å². The van der Waals surface area contributed by atoms with Gasteiger partial charge in [-0.25, -0.2) is 14.0 Å². The molecule has 1 amide bonds. The summed E-state index contributed by atoms with van der Waals surface area (Å²) in [4.78, 5) is 36.1. The fourth-order valence-corrected chi connectivity index (χ4v) is 2.80. The van der Waals surface area contributed by atoms with Crippen LogP contribution >= 0.6 is 0 Å². The van der Waals surface area contributed by atoms with E-state index in [0.29, 0.717) is 10.9 Å². The number of rotatable bonds is 5. The molecule has 3 rings (SSSR count). The van der Waals surface area contributed by atoms with E-state index in [9.17, 15) is 18.9 Å². The van der Waals surface area contributed by atoms with E-state index in [0.717, 1.165) is 0 Å². The van der Waals surface area contributed by atoms with Gasteiger partial charge in [0.05, 0.1) is 0 Å². The number of fused-ring (bicyclic) bond motifs is 1. The molecular formula is C20H17FN2O5. The lowest BCUT2D eigenvalue weighted by Gasteiger charge is -2.12. The van der Waals surface area contributed by atoms with Crippen LogP contribution in [0.25, 0.3) is 11.0 Å². The van der Waals surface area contributed by atoms with Crippen molar-refractivity contribution in [1.29, 1.82) is 0 Å². The van der Waals surface area contributed by atoms with Crippen LogP contribution in [0.1, 0.15) is 16.7 Å². The number of carbonyl (C=O) groups is 1. The highest BCUT2D eigenvalue weighted by Gasteiger charge is 2.17. The van der Waals surface area contributed by atoms with E-state index in [1.807, 2.05) is 0 Å². The maximum absolute atomic E-state index is 13.8. The van der Waals surface area contributed by atoms with E-state index in [1.54, 1.807) is 18.2 Å². The van der Waals surface area contributed by atoms with Crippen LogP contribution in [-0.2, 0) is 13.1 Å². The van der Waals surface area contributed by atoms with Crippen molar-refractivity contribution in [1.82, 2.24) is 4.90 Å². The lowest BCUT2D eigenvalue weighted by Crippen LogP contribution is -2.25. The Labute approximate surface area is 159 Å². The molecule has 0 radical (unpaired) electrons. The first kappa shape index (κ1) is 19.2. The van der Waals surface area contributed by atoms with Gasteiger partial charge < -0.3 is 14.1 Å². The number of hydrogen-bond donors (Lipinski definition) is 0. The summed E-state index contributed by atoms with van der Waals surface area (Å²) < 4.78 is 24.3. The molecule has 7 nitrogen and oxygen atoms in total. The average molecular weight is 384 g/mol. The Hall–Kier alpha value is -3.55. The standard InChI is InChI=1S/C20H17FN2O5/c1-23(2)20(25)27-14-6-7-15-17(11-21)16(19(24)28-18(15)10-14)9-12-4-3-5-13(8-12)22-26/h3-8,10H,9,11H2,1-2H3. The average Bonchev–Trinajstić information content (AvgIpc) is 2.68. The molecule has 0 bridgehead atoms. The number of nitroso groups, excluding NO2 is 1. The summed E-state index contributed by atoms with van der Waals surface area (Å²) in [6.45, 7) is -0.875. The first-order chi connectivity index (χ1) is 13.4. The molecule has 0 aliphatic carbocycles. The molecule has 0 spiro atoms. The highest BCUT2D eigenvalue weighted by atomic mass is 19.1. The molecule has 2 aromatic carbocycles. The van der Waals surface area contributed by atoms with E-state index in [1.165, 1.54) is 43.3 Å². The molecule has 8 heteroatoms. The number of hydrogen-bond acceptors (Lipinski definition) is 6. The number of carbonyl (C=O) groups excluding carboxylic acids is 1. The van der Waals surface area contributed by atoms with Crippen LogP contribution in [-0.4, -0.2) is 25.1 Å². The third-order valence-electron chi connectivity index (χ3n) is 4.19. The molecule has 0 saturated carbocycles. The van der Waals surface area contributed by atoms with Crippen LogP contribution < -0.4 is 10.4 Å². The molecule has 0 unspecified atom stereocenters. The van der Waals surface area contributed by atoms with E-state index < -0.39 is 18.4 Å². The number of amides is 1. The zero-order chi connectivity index (χ0) is 20.3. The van der Waals surface area contributed by atoms with Crippen LogP contribution in [0, 0.1) is 4.91 Å². The van der Waals surface area contributed by atoms with Gasteiger partial charge in [0.1, 0.15) is 23.7 Å². The molecule has 3 aromatic rings. The van der Waals surface area contributed by atoms with Crippen molar-refractivity contribution in [3.63, 3.8) is 0 Å². The lowest BCUT2D eigenvalue weighted by molar-refractivity contribution is 0.172. The van der Waals surface area contributed by atoms with Crippen molar-refractivity contribution >= 4 is 22.7 Å². The van der Waals surface area contributed by atoms with Gasteiger partial charge in [-0.1, -0.05) is 12.1 Å². The third kappa shape index (κ3) is 3.90. The topological polar surface area (TPSA) is 89.2 Å². The molecule has 0 N–H and O–H groups in total. The van der Waals surface area contributed by atoms with E-state index in [-0.39, 0.29) is 34.6 Å². The second kappa shape index (κ2) is 7.99. The molecule has 144 valence electrons. The van der Waals surface area contributed by atoms with E-state index in [4.69, 9.17) is 9.15 Å². The first-order valence-corrected chi connectivity index (χ1v) is 8.39. The van der Waals surface area contributed by atoms with Gasteiger partial charge in [-0.15, -0.1) is 4.91 Å². The van der Waals surface area contributed by atoms with Crippen LogP contribution in [0.5, 0.6) is 5.75 Å². The zero-order valence-corrected chi connectivity index (χ0v) is 15.3. The van der Waals surface area contributed by atoms with Crippen LogP contribution in [0.15, 0.2) is 56.9 Å². The molecule has 0 atom stereocenters. The Bertz CT molecular complexity index is 1110. The van der Waals surface area contributed by atoms with Gasteiger partial charge in [-0.3, -0.25) is 0 Å². The van der Waals surface area contributed by atoms with Gasteiger partial charge in [-0.05, 0) is 35.0 Å². The summed E-state index contributed by atoms with van der Waals surface area (Å²) in [6.07, 6.45) is -0.495. The Morgan fingerprint density at radius 2 is 1.96 bits per heavy atom. The van der Waals surface area contributed by atoms with Crippen LogP contribution in [0.2, 0.25) is 0 Å². The van der Waals surface area contributed by atoms with Gasteiger partial charge in [-0.2, -0.15) is 0 Å². The minimum Gasteiger partial charge on any atom is -0.422 e. The largest absolute Gasteiger partial charge is 0.422 e. The second-order valence-electron chi connectivity index (χ2n) is 6.34. The molecule has 28 heavy (non-hydrogen) atoms. The number of alkyl halides is 1. The summed E-state index contributed by atoms with van der Waals surface area (Å²) >= 11 is 0. The van der Waals surface area contributed by atoms with Gasteiger partial charge >= 0.3 is 11.7 Å². The maximum atomic E-state index is 13.8. The van der Waals surface area contributed by atoms with Gasteiger partial charge in [0.25, 0.3) is 0 Å². The molecule has 0 aliphatic heterocycles. The fraction of sp³-hybridized carbons (Fsp3) is 0.200. The fourth-order valence-electron chi connectivity index (χ4n) is 2.80. The van der Waals surface area contributed by atoms with Crippen molar-refractivity contribution in [3.05, 3.63) is 74.5 Å². The van der Waals surface area contributed by atoms with Crippen molar-refractivity contribution in [2.24, 2.45) is 5.18 Å². The Kier molecular flexibility index (Phi) is 5.49. The molecular weight excluding hydrogens is 367 g/mol. The Balaban J connectivity index is 2.04. The van der Waals surface area contributed by atoms with Crippen molar-refractivity contribution in [3.8, 4) is 5.75 Å². The van der Waals surface area contributed by atoms with E-state index in [2.05, 4.69) is 5.18 Å². The molecule has 0 aliphatic rings. The summed E-state index contributed by atoms with van der Waals surface area (Å²) in [5, 5.41) is 3.27. The third-order valence-corrected chi connectivity index (χ3v) is 4.19. The highest BCUT2D eigenvalue weighted by Crippen LogP contribution is 2.27. The van der Waals surface area contributed by atoms with Crippen molar-refractivity contribution < 1.29 is 18.3 Å². The van der Waals surface area contributed by atoms with Gasteiger partial charge in [0.15, 0.2) is 0 Å². The number of benzene rings is 2. The molecule has 1 heterocycles. The minimum absolute atomic E-state index is 0.0955. The van der Waals surface area contributed by atoms with Gasteiger partial charge in [0, 0.05) is 43.1 Å². The molecule has 1 aromatic heterocycles. The SMILES string of the molecule is CN(C)C(=O)Oc1ccc2c(CF)c(Cc3cccc(N=O)c3)c(=O)oc2c1. The van der Waals surface area contributed by atoms with Crippen molar-refractivity contribution in [2.75, 3.05) is 14.1 Å². The van der Waals surface area contributed by atoms with Crippen LogP contribution in [0.4, 0.5) is 14.9 Å². The predicted molar refractivity (Wildman–Crippen MR) is 102 cm³/mol. The Morgan fingerprint density at radius 3 is 2.64 bits per heavy atom. The first-order valence-electron chi connectivity index (χ1n) is 8.39. The predicted octanol–water partition coefficient (Wildman–Crippen LogP) is 4.31.